The molecule has 0 radical (unpaired) electrons. The minimum Gasteiger partial charge on any atom is -0.459 e. The number of benzene rings is 1. The largest absolute Gasteiger partial charge is 0.459 e. The van der Waals surface area contributed by atoms with E-state index in [1.165, 1.54) is 19.9 Å². The van der Waals surface area contributed by atoms with Gasteiger partial charge in [0, 0.05) is 19.4 Å². The van der Waals surface area contributed by atoms with Crippen LogP contribution in [-0.4, -0.2) is 29.9 Å². The minimum atomic E-state index is -0.715. The third kappa shape index (κ3) is 7.22. The van der Waals surface area contributed by atoms with Crippen molar-refractivity contribution in [1.29, 1.82) is 0 Å². The van der Waals surface area contributed by atoms with Gasteiger partial charge in [-0.3, -0.25) is 14.4 Å². The van der Waals surface area contributed by atoms with Crippen molar-refractivity contribution in [2.45, 2.75) is 33.0 Å². The Morgan fingerprint density at radius 2 is 1.57 bits per heavy atom. The zero-order valence-electron chi connectivity index (χ0n) is 13.4. The maximum atomic E-state index is 11.9. The molecule has 2 atom stereocenters. The van der Waals surface area contributed by atoms with Crippen molar-refractivity contribution in [3.05, 3.63) is 60.2 Å². The summed E-state index contributed by atoms with van der Waals surface area (Å²) in [6, 6.07) is 8.85. The number of rotatable bonds is 7. The molecule has 1 aromatic rings. The van der Waals surface area contributed by atoms with Gasteiger partial charge in [-0.05, 0) is 19.1 Å². The fraction of sp³-hybridized carbons (Fsp3) is 0.278. The highest BCUT2D eigenvalue weighted by Crippen LogP contribution is 2.07. The lowest BCUT2D eigenvalue weighted by atomic mass is 10.1. The number of allylic oxidation sites excluding steroid dienone is 3. The standard InChI is InChI=1S/C18H20O5/c1-13(22-14(2)19)18(23-15(3)20)12-8-7-11-17(21)16-9-5-4-6-10-16/h4-13,18H,1-3H3/b11-7+,12-8+/t13-,18+/m0/s1. The van der Waals surface area contributed by atoms with E-state index in [-0.39, 0.29) is 5.78 Å². The Morgan fingerprint density at radius 1 is 0.957 bits per heavy atom. The van der Waals surface area contributed by atoms with Gasteiger partial charge in [-0.2, -0.15) is 0 Å². The first-order chi connectivity index (χ1) is 10.9. The summed E-state index contributed by atoms with van der Waals surface area (Å²) in [5, 5.41) is 0. The van der Waals surface area contributed by atoms with Gasteiger partial charge in [-0.15, -0.1) is 0 Å². The molecule has 0 aliphatic heterocycles. The first-order valence-corrected chi connectivity index (χ1v) is 7.19. The molecule has 0 unspecified atom stereocenters. The van der Waals surface area contributed by atoms with E-state index in [4.69, 9.17) is 9.47 Å². The molecular weight excluding hydrogens is 296 g/mol. The van der Waals surface area contributed by atoms with Crippen LogP contribution < -0.4 is 0 Å². The predicted molar refractivity (Wildman–Crippen MR) is 85.8 cm³/mol. The maximum absolute atomic E-state index is 11.9. The quantitative estimate of drug-likeness (QED) is 0.335. The van der Waals surface area contributed by atoms with E-state index >= 15 is 0 Å². The fourth-order valence-electron chi connectivity index (χ4n) is 1.83. The number of ether oxygens (including phenoxy) is 2. The highest BCUT2D eigenvalue weighted by atomic mass is 16.6. The summed E-state index contributed by atoms with van der Waals surface area (Å²) in [5.41, 5.74) is 0.585. The molecule has 0 aliphatic rings. The molecule has 0 aliphatic carbocycles. The summed E-state index contributed by atoms with van der Waals surface area (Å²) in [5.74, 6) is -1.08. The molecular formula is C18H20O5. The summed E-state index contributed by atoms with van der Waals surface area (Å²) in [4.78, 5) is 33.9. The number of ketones is 1. The molecule has 5 nitrogen and oxygen atoms in total. The highest BCUT2D eigenvalue weighted by molar-refractivity contribution is 6.04. The van der Waals surface area contributed by atoms with Crippen molar-refractivity contribution < 1.29 is 23.9 Å². The summed E-state index contributed by atoms with van der Waals surface area (Å²) < 4.78 is 10.1. The van der Waals surface area contributed by atoms with Crippen molar-refractivity contribution in [2.24, 2.45) is 0 Å². The minimum absolute atomic E-state index is 0.132. The van der Waals surface area contributed by atoms with Crippen LogP contribution in [0.4, 0.5) is 0 Å². The molecule has 1 aromatic carbocycles. The van der Waals surface area contributed by atoms with Gasteiger partial charge in [0.2, 0.25) is 0 Å². The lowest BCUT2D eigenvalue weighted by Gasteiger charge is -2.20. The van der Waals surface area contributed by atoms with Crippen LogP contribution in [0.5, 0.6) is 0 Å². The number of esters is 2. The Labute approximate surface area is 135 Å². The van der Waals surface area contributed by atoms with Crippen molar-refractivity contribution in [3.63, 3.8) is 0 Å². The van der Waals surface area contributed by atoms with Gasteiger partial charge in [0.15, 0.2) is 11.9 Å². The molecule has 0 fully saturated rings. The SMILES string of the molecule is CC(=O)O[C@@H](C)[C@@H](/C=C/C=C/C(=O)c1ccccc1)OC(C)=O. The fourth-order valence-corrected chi connectivity index (χ4v) is 1.83. The molecule has 0 N–H and O–H groups in total. The van der Waals surface area contributed by atoms with Crippen LogP contribution in [0, 0.1) is 0 Å². The maximum Gasteiger partial charge on any atom is 0.303 e. The van der Waals surface area contributed by atoms with Gasteiger partial charge in [-0.25, -0.2) is 0 Å². The van der Waals surface area contributed by atoms with E-state index in [0.29, 0.717) is 5.56 Å². The van der Waals surface area contributed by atoms with Gasteiger partial charge < -0.3 is 9.47 Å². The Morgan fingerprint density at radius 3 is 2.13 bits per heavy atom. The third-order valence-electron chi connectivity index (χ3n) is 2.83. The normalized spacial score (nSPS) is 13.7. The molecule has 0 bridgehead atoms. The summed E-state index contributed by atoms with van der Waals surface area (Å²) >= 11 is 0. The number of carbonyl (C=O) groups excluding carboxylic acids is 3. The lowest BCUT2D eigenvalue weighted by molar-refractivity contribution is -0.160. The van der Waals surface area contributed by atoms with Crippen LogP contribution in [0.1, 0.15) is 31.1 Å². The zero-order chi connectivity index (χ0) is 17.2. The van der Waals surface area contributed by atoms with E-state index in [2.05, 4.69) is 0 Å². The van der Waals surface area contributed by atoms with Gasteiger partial charge in [-0.1, -0.05) is 42.5 Å². The Bertz CT molecular complexity index is 601. The van der Waals surface area contributed by atoms with Crippen LogP contribution in [0.25, 0.3) is 0 Å². The first-order valence-electron chi connectivity index (χ1n) is 7.19. The van der Waals surface area contributed by atoms with E-state index in [1.54, 1.807) is 49.4 Å². The van der Waals surface area contributed by atoms with Crippen molar-refractivity contribution in [2.75, 3.05) is 0 Å². The molecule has 0 spiro atoms. The second kappa shape index (κ2) is 9.35. The molecule has 5 heteroatoms. The summed E-state index contributed by atoms with van der Waals surface area (Å²) in [6.45, 7) is 4.18. The van der Waals surface area contributed by atoms with Crippen molar-refractivity contribution in [3.8, 4) is 0 Å². The predicted octanol–water partition coefficient (Wildman–Crippen LogP) is 2.87. The van der Waals surface area contributed by atoms with Crippen LogP contribution in [0.3, 0.4) is 0 Å². The van der Waals surface area contributed by atoms with E-state index in [0.717, 1.165) is 0 Å². The topological polar surface area (TPSA) is 69.7 Å². The third-order valence-corrected chi connectivity index (χ3v) is 2.83. The van der Waals surface area contributed by atoms with Crippen molar-refractivity contribution in [1.82, 2.24) is 0 Å². The van der Waals surface area contributed by atoms with Gasteiger partial charge >= 0.3 is 11.9 Å². The summed E-state index contributed by atoms with van der Waals surface area (Å²) in [7, 11) is 0. The van der Waals surface area contributed by atoms with Crippen LogP contribution in [0.15, 0.2) is 54.6 Å². The number of hydrogen-bond acceptors (Lipinski definition) is 5. The zero-order valence-corrected chi connectivity index (χ0v) is 13.4. The highest BCUT2D eigenvalue weighted by Gasteiger charge is 2.19. The second-order valence-corrected chi connectivity index (χ2v) is 4.86. The van der Waals surface area contributed by atoms with E-state index < -0.39 is 24.1 Å². The molecule has 0 heterocycles. The second-order valence-electron chi connectivity index (χ2n) is 4.86. The summed E-state index contributed by atoms with van der Waals surface area (Å²) in [6.07, 6.45) is 4.76. The molecule has 0 saturated heterocycles. The van der Waals surface area contributed by atoms with Crippen molar-refractivity contribution >= 4 is 17.7 Å². The lowest BCUT2D eigenvalue weighted by Crippen LogP contribution is -2.30. The molecule has 0 saturated carbocycles. The van der Waals surface area contributed by atoms with Gasteiger partial charge in [0.05, 0.1) is 0 Å². The van der Waals surface area contributed by atoms with E-state index in [1.807, 2.05) is 6.07 Å². The average molecular weight is 316 g/mol. The van der Waals surface area contributed by atoms with Crippen LogP contribution >= 0.6 is 0 Å². The Balaban J connectivity index is 2.69. The van der Waals surface area contributed by atoms with Gasteiger partial charge in [0.1, 0.15) is 6.10 Å². The molecule has 0 amide bonds. The molecule has 0 aromatic heterocycles. The van der Waals surface area contributed by atoms with Gasteiger partial charge in [0.25, 0.3) is 0 Å². The van der Waals surface area contributed by atoms with Crippen LogP contribution in [-0.2, 0) is 19.1 Å². The van der Waals surface area contributed by atoms with E-state index in [9.17, 15) is 14.4 Å². The molecule has 1 rings (SSSR count). The first kappa shape index (κ1) is 18.4. The number of hydrogen-bond donors (Lipinski definition) is 0. The average Bonchev–Trinajstić information content (AvgIpc) is 2.49. The smallest absolute Gasteiger partial charge is 0.303 e. The van der Waals surface area contributed by atoms with Crippen LogP contribution in [0.2, 0.25) is 0 Å². The Hall–Kier alpha value is -2.69. The molecule has 23 heavy (non-hydrogen) atoms. The molecule has 122 valence electrons. The number of carbonyl (C=O) groups is 3. The Kier molecular flexibility index (Phi) is 7.47. The monoisotopic (exact) mass is 316 g/mol.